The van der Waals surface area contributed by atoms with Crippen molar-refractivity contribution in [1.29, 1.82) is 0 Å². The Hall–Kier alpha value is -3.08. The Bertz CT molecular complexity index is 1530. The summed E-state index contributed by atoms with van der Waals surface area (Å²) >= 11 is 9.81. The minimum atomic E-state index is -4.21. The third-order valence-electron chi connectivity index (χ3n) is 7.48. The van der Waals surface area contributed by atoms with E-state index >= 15 is 0 Å². The van der Waals surface area contributed by atoms with Crippen molar-refractivity contribution in [3.8, 4) is 5.75 Å². The van der Waals surface area contributed by atoms with E-state index in [1.54, 1.807) is 61.5 Å². The molecule has 42 heavy (non-hydrogen) atoms. The number of rotatable bonds is 11. The van der Waals surface area contributed by atoms with Crippen LogP contribution >= 0.6 is 27.5 Å². The fourth-order valence-electron chi connectivity index (χ4n) is 4.96. The first-order valence-electron chi connectivity index (χ1n) is 13.8. The minimum Gasteiger partial charge on any atom is -0.496 e. The average Bonchev–Trinajstić information content (AvgIpc) is 3.48. The molecule has 1 aliphatic carbocycles. The van der Waals surface area contributed by atoms with E-state index in [2.05, 4.69) is 21.2 Å². The molecule has 11 heteroatoms. The zero-order chi connectivity index (χ0) is 30.4. The predicted octanol–water partition coefficient (Wildman–Crippen LogP) is 6.09. The highest BCUT2D eigenvalue weighted by Crippen LogP contribution is 2.31. The zero-order valence-corrected chi connectivity index (χ0v) is 27.0. The molecule has 0 bridgehead atoms. The number of carbonyl (C=O) groups excluding carboxylic acids is 2. The second-order valence-corrected chi connectivity index (χ2v) is 13.5. The molecule has 8 nitrogen and oxygen atoms in total. The van der Waals surface area contributed by atoms with Crippen molar-refractivity contribution < 1.29 is 22.7 Å². The Labute approximate surface area is 261 Å². The van der Waals surface area contributed by atoms with Gasteiger partial charge in [0.15, 0.2) is 0 Å². The van der Waals surface area contributed by atoms with Crippen LogP contribution in [0.2, 0.25) is 5.02 Å². The highest BCUT2D eigenvalue weighted by atomic mass is 79.9. The van der Waals surface area contributed by atoms with Crippen molar-refractivity contribution in [3.63, 3.8) is 0 Å². The minimum absolute atomic E-state index is 0.0202. The number of anilines is 1. The molecular weight excluding hydrogens is 642 g/mol. The topological polar surface area (TPSA) is 96.0 Å². The molecule has 1 N–H and O–H groups in total. The number of nitrogens with one attached hydrogen (secondary N) is 1. The van der Waals surface area contributed by atoms with Crippen LogP contribution in [0.1, 0.15) is 43.7 Å². The van der Waals surface area contributed by atoms with Crippen LogP contribution in [-0.4, -0.2) is 50.9 Å². The molecule has 0 heterocycles. The summed E-state index contributed by atoms with van der Waals surface area (Å²) in [6.07, 6.45) is 3.89. The molecule has 224 valence electrons. The van der Waals surface area contributed by atoms with E-state index < -0.39 is 28.5 Å². The highest BCUT2D eigenvalue weighted by Gasteiger charge is 2.34. The smallest absolute Gasteiger partial charge is 0.264 e. The Morgan fingerprint density at radius 2 is 1.74 bits per heavy atom. The van der Waals surface area contributed by atoms with Gasteiger partial charge in [0.25, 0.3) is 10.0 Å². The number of halogens is 2. The van der Waals surface area contributed by atoms with Gasteiger partial charge in [-0.05, 0) is 84.6 Å². The standard InChI is InChI=1S/C31H35BrClN3O5S/c1-21-12-14-25(15-13-21)36(42(39,40)26-16-17-29(41-3)27(32)18-26)20-30(37)35(19-23-8-4-7-11-28(23)33)22(2)31(38)34-24-9-5-6-10-24/h4,7-8,11-18,22,24H,5-6,9-10,19-20H2,1-3H3,(H,34,38)/t22-/m0/s1. The van der Waals surface area contributed by atoms with Crippen molar-refractivity contribution >= 4 is 55.1 Å². The predicted molar refractivity (Wildman–Crippen MR) is 168 cm³/mol. The van der Waals surface area contributed by atoms with Crippen molar-refractivity contribution in [1.82, 2.24) is 10.2 Å². The molecule has 0 saturated heterocycles. The van der Waals surface area contributed by atoms with Crippen LogP contribution in [0.15, 0.2) is 76.1 Å². The summed E-state index contributed by atoms with van der Waals surface area (Å²) in [7, 11) is -2.73. The van der Waals surface area contributed by atoms with Gasteiger partial charge in [-0.25, -0.2) is 8.42 Å². The number of hydrogen-bond donors (Lipinski definition) is 1. The summed E-state index contributed by atoms with van der Waals surface area (Å²) in [6, 6.07) is 17.6. The largest absolute Gasteiger partial charge is 0.496 e. The van der Waals surface area contributed by atoms with Gasteiger partial charge in [-0.3, -0.25) is 13.9 Å². The van der Waals surface area contributed by atoms with Crippen LogP contribution in [0, 0.1) is 6.92 Å². The maximum atomic E-state index is 14.1. The molecule has 1 atom stereocenters. The molecule has 3 aromatic carbocycles. The molecule has 0 unspecified atom stereocenters. The van der Waals surface area contributed by atoms with Crippen LogP contribution in [-0.2, 0) is 26.2 Å². The summed E-state index contributed by atoms with van der Waals surface area (Å²) in [5.41, 5.74) is 1.91. The fraction of sp³-hybridized carbons (Fsp3) is 0.355. The van der Waals surface area contributed by atoms with Gasteiger partial charge in [0, 0.05) is 17.6 Å². The first kappa shape index (κ1) is 31.8. The second kappa shape index (κ2) is 13.9. The molecule has 3 aromatic rings. The van der Waals surface area contributed by atoms with Crippen molar-refractivity contribution in [3.05, 3.63) is 87.4 Å². The maximum absolute atomic E-state index is 14.1. The zero-order valence-electron chi connectivity index (χ0n) is 23.8. The lowest BCUT2D eigenvalue weighted by atomic mass is 10.1. The van der Waals surface area contributed by atoms with E-state index in [4.69, 9.17) is 16.3 Å². The summed E-state index contributed by atoms with van der Waals surface area (Å²) in [6.45, 7) is 3.06. The number of nitrogens with zero attached hydrogens (tertiary/aromatic N) is 2. The maximum Gasteiger partial charge on any atom is 0.264 e. The van der Waals surface area contributed by atoms with Crippen LogP contribution in [0.3, 0.4) is 0 Å². The van der Waals surface area contributed by atoms with Gasteiger partial charge in [-0.1, -0.05) is 60.3 Å². The monoisotopic (exact) mass is 675 g/mol. The van der Waals surface area contributed by atoms with E-state index in [0.717, 1.165) is 35.6 Å². The van der Waals surface area contributed by atoms with Gasteiger partial charge in [0.2, 0.25) is 11.8 Å². The van der Waals surface area contributed by atoms with Crippen molar-refractivity contribution in [2.75, 3.05) is 18.0 Å². The van der Waals surface area contributed by atoms with Crippen LogP contribution < -0.4 is 14.4 Å². The van der Waals surface area contributed by atoms with E-state index in [1.165, 1.54) is 24.1 Å². The number of methoxy groups -OCH3 is 1. The average molecular weight is 677 g/mol. The molecule has 0 aromatic heterocycles. The number of aryl methyl sites for hydroxylation is 1. The lowest BCUT2D eigenvalue weighted by Crippen LogP contribution is -2.52. The molecule has 0 radical (unpaired) electrons. The Balaban J connectivity index is 1.71. The number of benzene rings is 3. The Morgan fingerprint density at radius 3 is 2.36 bits per heavy atom. The van der Waals surface area contributed by atoms with Crippen molar-refractivity contribution in [2.45, 2.75) is 63.1 Å². The Kier molecular flexibility index (Phi) is 10.6. The number of carbonyl (C=O) groups is 2. The lowest BCUT2D eigenvalue weighted by molar-refractivity contribution is -0.139. The molecule has 0 aliphatic heterocycles. The molecule has 4 rings (SSSR count). The first-order valence-corrected chi connectivity index (χ1v) is 16.4. The van der Waals surface area contributed by atoms with E-state index in [0.29, 0.717) is 26.5 Å². The third-order valence-corrected chi connectivity index (χ3v) is 10.2. The normalized spacial score (nSPS) is 14.3. The molecule has 1 fully saturated rings. The van der Waals surface area contributed by atoms with E-state index in [9.17, 15) is 18.0 Å². The van der Waals surface area contributed by atoms with Crippen LogP contribution in [0.5, 0.6) is 5.75 Å². The summed E-state index contributed by atoms with van der Waals surface area (Å²) in [5, 5.41) is 3.51. The van der Waals surface area contributed by atoms with Gasteiger partial charge in [-0.2, -0.15) is 0 Å². The second-order valence-electron chi connectivity index (χ2n) is 10.4. The molecule has 0 spiro atoms. The van der Waals surface area contributed by atoms with Crippen molar-refractivity contribution in [2.24, 2.45) is 0 Å². The lowest BCUT2D eigenvalue weighted by Gasteiger charge is -2.32. The van der Waals surface area contributed by atoms with Gasteiger partial charge in [0.05, 0.1) is 22.2 Å². The number of amides is 2. The summed E-state index contributed by atoms with van der Waals surface area (Å²) < 4.78 is 34.9. The number of ether oxygens (including phenoxy) is 1. The van der Waals surface area contributed by atoms with Crippen LogP contribution in [0.4, 0.5) is 5.69 Å². The first-order chi connectivity index (χ1) is 20.0. The highest BCUT2D eigenvalue weighted by molar-refractivity contribution is 9.10. The fourth-order valence-corrected chi connectivity index (χ4v) is 7.29. The van der Waals surface area contributed by atoms with Gasteiger partial charge in [-0.15, -0.1) is 0 Å². The van der Waals surface area contributed by atoms with E-state index in [-0.39, 0.29) is 23.4 Å². The molecule has 1 aliphatic rings. The SMILES string of the molecule is COc1ccc(S(=O)(=O)N(CC(=O)N(Cc2ccccc2Cl)[C@@H](C)C(=O)NC2CCCC2)c2ccc(C)cc2)cc1Br. The quantitative estimate of drug-likeness (QED) is 0.265. The van der Waals surface area contributed by atoms with Gasteiger partial charge in [0.1, 0.15) is 18.3 Å². The number of sulfonamides is 1. The molecule has 2 amide bonds. The van der Waals surface area contributed by atoms with E-state index in [1.807, 2.05) is 6.92 Å². The molecular formula is C31H35BrClN3O5S. The third kappa shape index (κ3) is 7.46. The van der Waals surface area contributed by atoms with Gasteiger partial charge < -0.3 is 15.0 Å². The summed E-state index contributed by atoms with van der Waals surface area (Å²) in [5.74, 6) is -0.355. The Morgan fingerprint density at radius 1 is 1.07 bits per heavy atom. The number of hydrogen-bond acceptors (Lipinski definition) is 5. The van der Waals surface area contributed by atoms with Crippen LogP contribution in [0.25, 0.3) is 0 Å². The summed E-state index contributed by atoms with van der Waals surface area (Å²) in [4.78, 5) is 28.8. The van der Waals surface area contributed by atoms with Gasteiger partial charge >= 0.3 is 0 Å². The molecule has 1 saturated carbocycles.